The lowest BCUT2D eigenvalue weighted by molar-refractivity contribution is -0.140. The number of halogens is 3. The number of nitrogens with one attached hydrogen (secondary N) is 1. The van der Waals surface area contributed by atoms with E-state index in [1.807, 2.05) is 0 Å². The van der Waals surface area contributed by atoms with Crippen molar-refractivity contribution < 1.29 is 21.6 Å². The van der Waals surface area contributed by atoms with Gasteiger partial charge in [-0.15, -0.1) is 0 Å². The van der Waals surface area contributed by atoms with Crippen LogP contribution in [-0.4, -0.2) is 18.2 Å². The third-order valence-corrected chi connectivity index (χ3v) is 5.32. The maximum Gasteiger partial charge on any atom is 0.433 e. The molecule has 4 rings (SSSR count). The number of aromatic amines is 1. The highest BCUT2D eigenvalue weighted by Gasteiger charge is 2.36. The molecule has 4 aromatic rings. The van der Waals surface area contributed by atoms with Gasteiger partial charge < -0.3 is 0 Å². The Morgan fingerprint density at radius 3 is 2.18 bits per heavy atom. The van der Waals surface area contributed by atoms with Crippen molar-refractivity contribution in [1.29, 1.82) is 0 Å². The lowest BCUT2D eigenvalue weighted by Gasteiger charge is -2.08. The SMILES string of the molecule is NS(=O)(=O)c1ccc(-n2[nH]c(C(F)(F)F)c3ccc4cc(=O)ccc4c32)cc1. The molecule has 0 saturated carbocycles. The number of alkyl halides is 3. The molecule has 1 heterocycles. The molecule has 0 spiro atoms. The predicted octanol–water partition coefficient (Wildman–Crippen LogP) is 3.14. The minimum absolute atomic E-state index is 0.0748. The zero-order chi connectivity index (χ0) is 20.3. The van der Waals surface area contributed by atoms with E-state index in [1.165, 1.54) is 59.3 Å². The fourth-order valence-electron chi connectivity index (χ4n) is 3.16. The van der Waals surface area contributed by atoms with Crippen molar-refractivity contribution in [1.82, 2.24) is 9.78 Å². The van der Waals surface area contributed by atoms with Gasteiger partial charge in [-0.3, -0.25) is 14.6 Å². The van der Waals surface area contributed by atoms with Crippen LogP contribution >= 0.6 is 0 Å². The van der Waals surface area contributed by atoms with E-state index in [0.717, 1.165) is 0 Å². The smallest absolute Gasteiger partial charge is 0.290 e. The highest BCUT2D eigenvalue weighted by atomic mass is 32.2. The van der Waals surface area contributed by atoms with Crippen LogP contribution in [-0.2, 0) is 16.2 Å². The molecular weight excluding hydrogens is 395 g/mol. The molecule has 144 valence electrons. The molecule has 3 aromatic carbocycles. The first-order valence-corrected chi connectivity index (χ1v) is 9.48. The third kappa shape index (κ3) is 2.96. The second-order valence-electron chi connectivity index (χ2n) is 6.20. The van der Waals surface area contributed by atoms with Gasteiger partial charge in [-0.05, 0) is 47.9 Å². The number of aromatic nitrogens is 2. The Balaban J connectivity index is 2.08. The molecule has 0 atom stereocenters. The number of H-pyrrole nitrogens is 1. The summed E-state index contributed by atoms with van der Waals surface area (Å²) in [5.41, 5.74) is -0.728. The molecule has 0 amide bonds. The van der Waals surface area contributed by atoms with Crippen molar-refractivity contribution in [2.24, 2.45) is 5.14 Å². The summed E-state index contributed by atoms with van der Waals surface area (Å²) in [6.45, 7) is 0. The Bertz CT molecular complexity index is 1390. The second-order valence-corrected chi connectivity index (χ2v) is 7.76. The van der Waals surface area contributed by atoms with Crippen molar-refractivity contribution in [2.45, 2.75) is 11.1 Å². The first-order valence-electron chi connectivity index (χ1n) is 7.94. The summed E-state index contributed by atoms with van der Waals surface area (Å²) in [7, 11) is -3.94. The number of fused-ring (bicyclic) bond motifs is 3. The summed E-state index contributed by atoms with van der Waals surface area (Å²) in [4.78, 5) is 11.4. The zero-order valence-corrected chi connectivity index (χ0v) is 14.8. The molecule has 28 heavy (non-hydrogen) atoms. The summed E-state index contributed by atoms with van der Waals surface area (Å²) in [6.07, 6.45) is -4.64. The number of nitrogens with zero attached hydrogens (tertiary/aromatic N) is 1. The summed E-state index contributed by atoms with van der Waals surface area (Å²) < 4.78 is 64.7. The maximum atomic E-state index is 13.5. The fourth-order valence-corrected chi connectivity index (χ4v) is 3.67. The number of rotatable bonds is 2. The third-order valence-electron chi connectivity index (χ3n) is 4.39. The van der Waals surface area contributed by atoms with Gasteiger partial charge >= 0.3 is 6.18 Å². The molecule has 10 heteroatoms. The monoisotopic (exact) mass is 407 g/mol. The van der Waals surface area contributed by atoms with E-state index in [9.17, 15) is 26.4 Å². The van der Waals surface area contributed by atoms with Crippen LogP contribution in [0.5, 0.6) is 0 Å². The minimum atomic E-state index is -4.64. The predicted molar refractivity (Wildman–Crippen MR) is 97.8 cm³/mol. The molecule has 0 aliphatic rings. The standard InChI is InChI=1S/C18H12F3N3O3S/c19-18(20,21)17-15-7-1-10-9-12(25)4-8-14(10)16(15)24(23-17)11-2-5-13(6-3-11)28(22,26)27/h1-9,23H,(H2,22,26,27). The molecule has 0 radical (unpaired) electrons. The minimum Gasteiger partial charge on any atom is -0.290 e. The van der Waals surface area contributed by atoms with Crippen molar-refractivity contribution in [3.63, 3.8) is 0 Å². The van der Waals surface area contributed by atoms with Crippen LogP contribution in [0.3, 0.4) is 0 Å². The van der Waals surface area contributed by atoms with Crippen molar-refractivity contribution in [2.75, 3.05) is 0 Å². The van der Waals surface area contributed by atoms with Crippen LogP contribution in [0.2, 0.25) is 0 Å². The van der Waals surface area contributed by atoms with Gasteiger partial charge in [0.15, 0.2) is 5.43 Å². The van der Waals surface area contributed by atoms with Gasteiger partial charge in [0.25, 0.3) is 0 Å². The summed E-state index contributed by atoms with van der Waals surface area (Å²) in [5, 5.41) is 8.27. The zero-order valence-electron chi connectivity index (χ0n) is 14.0. The normalized spacial score (nSPS) is 12.7. The molecular formula is C18H12F3N3O3S. The van der Waals surface area contributed by atoms with Crippen LogP contribution in [0.1, 0.15) is 5.69 Å². The van der Waals surface area contributed by atoms with E-state index >= 15 is 0 Å². The fraction of sp³-hybridized carbons (Fsp3) is 0.0556. The Labute approximate surface area is 156 Å². The molecule has 3 N–H and O–H groups in total. The molecule has 0 aliphatic heterocycles. The molecule has 6 nitrogen and oxygen atoms in total. The van der Waals surface area contributed by atoms with E-state index in [2.05, 4.69) is 5.10 Å². The molecule has 1 aromatic heterocycles. The van der Waals surface area contributed by atoms with Gasteiger partial charge in [-0.2, -0.15) is 13.2 Å². The molecule has 0 fully saturated rings. The first kappa shape index (κ1) is 18.3. The average molecular weight is 407 g/mol. The van der Waals surface area contributed by atoms with Crippen molar-refractivity contribution in [3.05, 3.63) is 70.5 Å². The van der Waals surface area contributed by atoms with Gasteiger partial charge in [-0.25, -0.2) is 13.6 Å². The van der Waals surface area contributed by atoms with E-state index in [4.69, 9.17) is 5.14 Å². The van der Waals surface area contributed by atoms with Crippen LogP contribution < -0.4 is 10.6 Å². The number of benzene rings is 3. The summed E-state index contributed by atoms with van der Waals surface area (Å²) >= 11 is 0. The van der Waals surface area contributed by atoms with E-state index in [1.54, 1.807) is 0 Å². The highest BCUT2D eigenvalue weighted by Crippen LogP contribution is 2.37. The Morgan fingerprint density at radius 1 is 0.929 bits per heavy atom. The van der Waals surface area contributed by atoms with Crippen LogP contribution in [0.4, 0.5) is 13.2 Å². The topological polar surface area (TPSA) is 97.9 Å². The molecule has 0 saturated heterocycles. The van der Waals surface area contributed by atoms with Gasteiger partial charge in [0, 0.05) is 10.8 Å². The number of sulfonamides is 1. The molecule has 0 aliphatic carbocycles. The largest absolute Gasteiger partial charge is 0.433 e. The maximum absolute atomic E-state index is 13.5. The average Bonchev–Trinajstić information content (AvgIpc) is 3.01. The Kier molecular flexibility index (Phi) is 3.88. The summed E-state index contributed by atoms with van der Waals surface area (Å²) in [5.74, 6) is 0. The summed E-state index contributed by atoms with van der Waals surface area (Å²) in [6, 6.07) is 11.9. The van der Waals surface area contributed by atoms with Gasteiger partial charge in [-0.1, -0.05) is 12.1 Å². The highest BCUT2D eigenvalue weighted by molar-refractivity contribution is 7.89. The van der Waals surface area contributed by atoms with E-state index in [-0.39, 0.29) is 26.9 Å². The van der Waals surface area contributed by atoms with Crippen molar-refractivity contribution >= 4 is 31.7 Å². The quantitative estimate of drug-likeness (QED) is 0.534. The van der Waals surface area contributed by atoms with Crippen LogP contribution in [0, 0.1) is 0 Å². The van der Waals surface area contributed by atoms with Gasteiger partial charge in [0.05, 0.1) is 16.1 Å². The first-order chi connectivity index (χ1) is 13.1. The molecule has 0 unspecified atom stereocenters. The number of hydrogen-bond acceptors (Lipinski definition) is 3. The van der Waals surface area contributed by atoms with Gasteiger partial charge in [0.2, 0.25) is 10.0 Å². The Hall–Kier alpha value is -3.11. The number of nitrogens with two attached hydrogens (primary N) is 1. The van der Waals surface area contributed by atoms with E-state index in [0.29, 0.717) is 10.8 Å². The van der Waals surface area contributed by atoms with Crippen LogP contribution in [0.25, 0.3) is 27.4 Å². The van der Waals surface area contributed by atoms with Gasteiger partial charge in [0.1, 0.15) is 5.69 Å². The number of hydrogen-bond donors (Lipinski definition) is 2. The number of primary sulfonamides is 1. The second kappa shape index (κ2) is 5.94. The Morgan fingerprint density at radius 2 is 1.57 bits per heavy atom. The van der Waals surface area contributed by atoms with Crippen molar-refractivity contribution in [3.8, 4) is 5.69 Å². The van der Waals surface area contributed by atoms with Crippen LogP contribution in [0.15, 0.2) is 64.3 Å². The lowest BCUT2D eigenvalue weighted by atomic mass is 10.1. The lowest BCUT2D eigenvalue weighted by Crippen LogP contribution is -2.12. The molecule has 0 bridgehead atoms. The van der Waals surface area contributed by atoms with E-state index < -0.39 is 21.9 Å².